The number of Topliss-reactive ketones (excluding diaryl/α,β-unsaturated/α-hetero) is 1. The van der Waals surface area contributed by atoms with Gasteiger partial charge in [-0.05, 0) is 47.7 Å². The topological polar surface area (TPSA) is 67.4 Å². The zero-order chi connectivity index (χ0) is 21.6. The number of rotatable bonds is 2. The van der Waals surface area contributed by atoms with Gasteiger partial charge in [-0.15, -0.1) is 0 Å². The first-order valence-electron chi connectivity index (χ1n) is 9.65. The highest BCUT2D eigenvalue weighted by Crippen LogP contribution is 2.45. The molecule has 0 bridgehead atoms. The number of fused-ring (bicyclic) bond motifs is 1. The highest BCUT2D eigenvalue weighted by molar-refractivity contribution is 6.01. The Labute approximate surface area is 173 Å². The Morgan fingerprint density at radius 2 is 1.77 bits per heavy atom. The van der Waals surface area contributed by atoms with Crippen LogP contribution >= 0.6 is 0 Å². The summed E-state index contributed by atoms with van der Waals surface area (Å²) in [5, 5.41) is 6.54. The lowest BCUT2D eigenvalue weighted by Gasteiger charge is -2.34. The fourth-order valence-electron chi connectivity index (χ4n) is 4.18. The molecule has 1 heterocycles. The molecule has 2 N–H and O–H groups in total. The first-order valence-corrected chi connectivity index (χ1v) is 9.65. The molecule has 30 heavy (non-hydrogen) atoms. The largest absolute Gasteiger partial charge is 0.465 e. The number of nitrogens with one attached hydrogen (secondary N) is 2. The van der Waals surface area contributed by atoms with Crippen LogP contribution in [0.3, 0.4) is 0 Å². The number of anilines is 2. The van der Waals surface area contributed by atoms with Crippen LogP contribution in [0.15, 0.2) is 47.7 Å². The van der Waals surface area contributed by atoms with Gasteiger partial charge in [-0.3, -0.25) is 4.79 Å². The van der Waals surface area contributed by atoms with Crippen LogP contribution in [0.4, 0.5) is 20.2 Å². The van der Waals surface area contributed by atoms with Crippen molar-refractivity contribution >= 4 is 23.1 Å². The molecule has 7 heteroatoms. The second kappa shape index (κ2) is 7.23. The maximum atomic E-state index is 14.0. The van der Waals surface area contributed by atoms with Crippen LogP contribution in [0.2, 0.25) is 0 Å². The molecule has 156 valence electrons. The molecular weight excluding hydrogens is 390 g/mol. The van der Waals surface area contributed by atoms with E-state index in [1.165, 1.54) is 19.2 Å². The molecule has 0 spiro atoms. The third-order valence-corrected chi connectivity index (χ3v) is 5.45. The predicted octanol–water partition coefficient (Wildman–Crippen LogP) is 4.97. The van der Waals surface area contributed by atoms with Crippen molar-refractivity contribution in [2.45, 2.75) is 32.7 Å². The molecule has 0 saturated carbocycles. The summed E-state index contributed by atoms with van der Waals surface area (Å²) >= 11 is 0. The fraction of sp³-hybridized carbons (Fsp3) is 0.304. The Morgan fingerprint density at radius 3 is 2.43 bits per heavy atom. The zero-order valence-electron chi connectivity index (χ0n) is 16.9. The molecule has 0 fully saturated rings. The fourth-order valence-corrected chi connectivity index (χ4v) is 4.18. The zero-order valence-corrected chi connectivity index (χ0v) is 16.9. The Morgan fingerprint density at radius 1 is 1.07 bits per heavy atom. The monoisotopic (exact) mass is 412 g/mol. The molecule has 0 radical (unpaired) electrons. The van der Waals surface area contributed by atoms with Crippen molar-refractivity contribution in [3.05, 3.63) is 70.4 Å². The number of ether oxygens (including phenoxy) is 1. The van der Waals surface area contributed by atoms with Gasteiger partial charge in [0.25, 0.3) is 0 Å². The smallest absolute Gasteiger partial charge is 0.337 e. The summed E-state index contributed by atoms with van der Waals surface area (Å²) < 4.78 is 32.7. The molecule has 1 aliphatic carbocycles. The summed E-state index contributed by atoms with van der Waals surface area (Å²) in [6.45, 7) is 3.99. The van der Waals surface area contributed by atoms with Crippen molar-refractivity contribution in [1.29, 1.82) is 0 Å². The van der Waals surface area contributed by atoms with Crippen molar-refractivity contribution in [2.75, 3.05) is 17.7 Å². The molecule has 0 amide bonds. The minimum absolute atomic E-state index is 0.0862. The van der Waals surface area contributed by atoms with E-state index in [9.17, 15) is 18.4 Å². The Kier molecular flexibility index (Phi) is 4.84. The number of methoxy groups -OCH3 is 1. The number of halogens is 2. The van der Waals surface area contributed by atoms with Gasteiger partial charge in [-0.2, -0.15) is 0 Å². The molecule has 2 aromatic carbocycles. The first kappa shape index (κ1) is 20.1. The van der Waals surface area contributed by atoms with Crippen LogP contribution in [0.5, 0.6) is 0 Å². The minimum atomic E-state index is -0.730. The standard InChI is InChI=1S/C23H22F2N2O3/c1-23(2)10-18-20(19(28)11-23)21(13-6-14(24)9-15(25)7-13)27-16-5-4-12(22(29)30-3)8-17(16)26-18/h4-9,21,26-27H,10-11H2,1-3H3. The molecule has 0 saturated heterocycles. The second-order valence-corrected chi connectivity index (χ2v) is 8.49. The number of allylic oxidation sites excluding steroid dienone is 1. The lowest BCUT2D eigenvalue weighted by Crippen LogP contribution is -2.31. The minimum Gasteiger partial charge on any atom is -0.465 e. The van der Waals surface area contributed by atoms with E-state index in [0.717, 1.165) is 6.07 Å². The van der Waals surface area contributed by atoms with Crippen LogP contribution in [0, 0.1) is 17.0 Å². The number of carbonyl (C=O) groups excluding carboxylic acids is 2. The van der Waals surface area contributed by atoms with E-state index >= 15 is 0 Å². The van der Waals surface area contributed by atoms with E-state index in [1.54, 1.807) is 18.2 Å². The van der Waals surface area contributed by atoms with Crippen LogP contribution in [0.25, 0.3) is 0 Å². The Bertz CT molecular complexity index is 1070. The molecule has 5 nitrogen and oxygen atoms in total. The molecule has 1 atom stereocenters. The van der Waals surface area contributed by atoms with Crippen molar-refractivity contribution in [3.63, 3.8) is 0 Å². The van der Waals surface area contributed by atoms with E-state index in [4.69, 9.17) is 4.74 Å². The average molecular weight is 412 g/mol. The first-order chi connectivity index (χ1) is 14.2. The van der Waals surface area contributed by atoms with Crippen molar-refractivity contribution in [2.24, 2.45) is 5.41 Å². The summed E-state index contributed by atoms with van der Waals surface area (Å²) in [7, 11) is 1.30. The van der Waals surface area contributed by atoms with E-state index in [-0.39, 0.29) is 11.2 Å². The van der Waals surface area contributed by atoms with Gasteiger partial charge in [0, 0.05) is 23.8 Å². The van der Waals surface area contributed by atoms with Gasteiger partial charge < -0.3 is 15.4 Å². The van der Waals surface area contributed by atoms with Gasteiger partial charge in [0.05, 0.1) is 30.1 Å². The molecule has 1 aliphatic heterocycles. The molecule has 0 aromatic heterocycles. The number of carbonyl (C=O) groups is 2. The quantitative estimate of drug-likeness (QED) is 0.682. The normalized spacial score (nSPS) is 19.8. The molecule has 2 aromatic rings. The lowest BCUT2D eigenvalue weighted by molar-refractivity contribution is -0.118. The summed E-state index contributed by atoms with van der Waals surface area (Å²) in [6, 6.07) is 7.45. The van der Waals surface area contributed by atoms with Crippen molar-refractivity contribution in [1.82, 2.24) is 0 Å². The van der Waals surface area contributed by atoms with Gasteiger partial charge in [0.15, 0.2) is 5.78 Å². The maximum Gasteiger partial charge on any atom is 0.337 e. The van der Waals surface area contributed by atoms with E-state index in [0.29, 0.717) is 46.6 Å². The van der Waals surface area contributed by atoms with Crippen LogP contribution in [0.1, 0.15) is 48.7 Å². The summed E-state index contributed by atoms with van der Waals surface area (Å²) in [5.41, 5.74) is 2.73. The Balaban J connectivity index is 1.89. The highest BCUT2D eigenvalue weighted by Gasteiger charge is 2.39. The maximum absolute atomic E-state index is 14.0. The van der Waals surface area contributed by atoms with Crippen molar-refractivity contribution in [3.8, 4) is 0 Å². The van der Waals surface area contributed by atoms with Crippen LogP contribution in [-0.2, 0) is 9.53 Å². The van der Waals surface area contributed by atoms with E-state index in [1.807, 2.05) is 13.8 Å². The number of hydrogen-bond donors (Lipinski definition) is 2. The molecule has 1 unspecified atom stereocenters. The number of esters is 1. The van der Waals surface area contributed by atoms with E-state index in [2.05, 4.69) is 10.6 Å². The second-order valence-electron chi connectivity index (χ2n) is 8.49. The molecule has 2 aliphatic rings. The third-order valence-electron chi connectivity index (χ3n) is 5.45. The lowest BCUT2D eigenvalue weighted by atomic mass is 9.73. The Hall–Kier alpha value is -3.22. The summed E-state index contributed by atoms with van der Waals surface area (Å²) in [6.07, 6.45) is 0.902. The van der Waals surface area contributed by atoms with Gasteiger partial charge in [0.2, 0.25) is 0 Å². The summed E-state index contributed by atoms with van der Waals surface area (Å²) in [5.74, 6) is -1.99. The molecular formula is C23H22F2N2O3. The van der Waals surface area contributed by atoms with Crippen molar-refractivity contribution < 1.29 is 23.1 Å². The predicted molar refractivity (Wildman–Crippen MR) is 109 cm³/mol. The summed E-state index contributed by atoms with van der Waals surface area (Å²) in [4.78, 5) is 25.1. The number of benzene rings is 2. The van der Waals surface area contributed by atoms with Gasteiger partial charge in [-0.1, -0.05) is 13.8 Å². The average Bonchev–Trinajstić information content (AvgIpc) is 2.81. The van der Waals surface area contributed by atoms with Gasteiger partial charge in [0.1, 0.15) is 11.6 Å². The number of hydrogen-bond acceptors (Lipinski definition) is 5. The number of ketones is 1. The molecule has 4 rings (SSSR count). The third kappa shape index (κ3) is 3.67. The van der Waals surface area contributed by atoms with E-state index < -0.39 is 23.6 Å². The SMILES string of the molecule is COC(=O)c1ccc2c(c1)NC1=C(C(=O)CC(C)(C)C1)C(c1cc(F)cc(F)c1)N2. The van der Waals surface area contributed by atoms with Gasteiger partial charge >= 0.3 is 5.97 Å². The van der Waals surface area contributed by atoms with Crippen LogP contribution in [-0.4, -0.2) is 18.9 Å². The highest BCUT2D eigenvalue weighted by atomic mass is 19.1. The van der Waals surface area contributed by atoms with Gasteiger partial charge in [-0.25, -0.2) is 13.6 Å². The van der Waals surface area contributed by atoms with Crippen LogP contribution < -0.4 is 10.6 Å².